The quantitative estimate of drug-likeness (QED) is 0.768. The highest BCUT2D eigenvalue weighted by Gasteiger charge is 2.23. The Labute approximate surface area is 107 Å². The van der Waals surface area contributed by atoms with Gasteiger partial charge >= 0.3 is 5.97 Å². The first-order chi connectivity index (χ1) is 8.38. The van der Waals surface area contributed by atoms with E-state index < -0.39 is 5.97 Å². The fraction of sp³-hybridized carbons (Fsp3) is 0.538. The summed E-state index contributed by atoms with van der Waals surface area (Å²) in [6, 6.07) is 0. The number of esters is 1. The van der Waals surface area contributed by atoms with Crippen molar-refractivity contribution in [3.05, 3.63) is 22.6 Å². The molecule has 1 rings (SSSR count). The number of ether oxygens (including phenoxy) is 1. The Morgan fingerprint density at radius 3 is 2.28 bits per heavy atom. The highest BCUT2D eigenvalue weighted by molar-refractivity contribution is 5.98. The number of nitrogens with zero attached hydrogens (tertiary/aromatic N) is 1. The topological polar surface area (TPSA) is 59.8 Å². The molecule has 0 saturated heterocycles. The molecule has 0 N–H and O–H groups in total. The van der Waals surface area contributed by atoms with Gasteiger partial charge in [0.25, 0.3) is 5.91 Å². The molecule has 18 heavy (non-hydrogen) atoms. The maximum atomic E-state index is 12.2. The SMILES string of the molecule is CCOC(=O)CN(C)C(=O)c1c(C)oc(C)c1C. The van der Waals surface area contributed by atoms with Crippen molar-refractivity contribution in [1.29, 1.82) is 0 Å². The largest absolute Gasteiger partial charge is 0.466 e. The van der Waals surface area contributed by atoms with Crippen LogP contribution in [0.25, 0.3) is 0 Å². The molecule has 0 aliphatic carbocycles. The van der Waals surface area contributed by atoms with Gasteiger partial charge in [0.1, 0.15) is 18.1 Å². The van der Waals surface area contributed by atoms with Crippen LogP contribution < -0.4 is 0 Å². The zero-order valence-corrected chi connectivity index (χ0v) is 11.5. The minimum absolute atomic E-state index is 0.0597. The van der Waals surface area contributed by atoms with Gasteiger partial charge < -0.3 is 14.1 Å². The molecule has 100 valence electrons. The number of likely N-dealkylation sites (N-methyl/N-ethyl adjacent to an activating group) is 1. The molecule has 0 fully saturated rings. The summed E-state index contributed by atoms with van der Waals surface area (Å²) in [6.07, 6.45) is 0. The molecule has 0 bridgehead atoms. The molecule has 1 aromatic rings. The Bertz CT molecular complexity index is 462. The Morgan fingerprint density at radius 2 is 1.83 bits per heavy atom. The van der Waals surface area contributed by atoms with Crippen molar-refractivity contribution in [2.24, 2.45) is 0 Å². The van der Waals surface area contributed by atoms with E-state index in [0.29, 0.717) is 17.9 Å². The van der Waals surface area contributed by atoms with Gasteiger partial charge in [-0.05, 0) is 27.7 Å². The Morgan fingerprint density at radius 1 is 1.22 bits per heavy atom. The van der Waals surface area contributed by atoms with Gasteiger partial charge in [0.2, 0.25) is 0 Å². The van der Waals surface area contributed by atoms with E-state index in [1.165, 1.54) is 4.90 Å². The molecule has 5 nitrogen and oxygen atoms in total. The molecule has 0 saturated carbocycles. The number of hydrogen-bond acceptors (Lipinski definition) is 4. The second-order valence-corrected chi connectivity index (χ2v) is 4.18. The Balaban J connectivity index is 2.84. The summed E-state index contributed by atoms with van der Waals surface area (Å²) in [6.45, 7) is 7.36. The summed E-state index contributed by atoms with van der Waals surface area (Å²) in [4.78, 5) is 24.9. The van der Waals surface area contributed by atoms with Crippen LogP contribution in [0.1, 0.15) is 34.4 Å². The fourth-order valence-corrected chi connectivity index (χ4v) is 1.77. The van der Waals surface area contributed by atoms with Crippen LogP contribution in [0.3, 0.4) is 0 Å². The molecule has 0 aliphatic heterocycles. The molecule has 1 aromatic heterocycles. The van der Waals surface area contributed by atoms with Crippen LogP contribution in [-0.2, 0) is 9.53 Å². The van der Waals surface area contributed by atoms with Crippen molar-refractivity contribution in [2.45, 2.75) is 27.7 Å². The van der Waals surface area contributed by atoms with Gasteiger partial charge in [0.15, 0.2) is 0 Å². The Kier molecular flexibility index (Phi) is 4.53. The van der Waals surface area contributed by atoms with Gasteiger partial charge in [-0.1, -0.05) is 0 Å². The van der Waals surface area contributed by atoms with Crippen molar-refractivity contribution in [3.63, 3.8) is 0 Å². The van der Waals surface area contributed by atoms with Gasteiger partial charge in [-0.2, -0.15) is 0 Å². The van der Waals surface area contributed by atoms with E-state index in [0.717, 1.165) is 11.3 Å². The normalized spacial score (nSPS) is 10.3. The van der Waals surface area contributed by atoms with Gasteiger partial charge in [-0.3, -0.25) is 9.59 Å². The first kappa shape index (κ1) is 14.3. The maximum Gasteiger partial charge on any atom is 0.325 e. The first-order valence-electron chi connectivity index (χ1n) is 5.86. The van der Waals surface area contributed by atoms with E-state index >= 15 is 0 Å². The summed E-state index contributed by atoms with van der Waals surface area (Å²) in [7, 11) is 1.57. The first-order valence-corrected chi connectivity index (χ1v) is 5.86. The van der Waals surface area contributed by atoms with Crippen LogP contribution in [0, 0.1) is 20.8 Å². The van der Waals surface area contributed by atoms with E-state index in [2.05, 4.69) is 0 Å². The lowest BCUT2D eigenvalue weighted by Crippen LogP contribution is -2.33. The van der Waals surface area contributed by atoms with Crippen LogP contribution >= 0.6 is 0 Å². The predicted molar refractivity (Wildman–Crippen MR) is 66.5 cm³/mol. The van der Waals surface area contributed by atoms with Crippen LogP contribution in [0.4, 0.5) is 0 Å². The molecule has 0 atom stereocenters. The molecular weight excluding hydrogens is 234 g/mol. The number of hydrogen-bond donors (Lipinski definition) is 0. The molecule has 0 aromatic carbocycles. The van der Waals surface area contributed by atoms with Gasteiger partial charge in [0, 0.05) is 12.6 Å². The van der Waals surface area contributed by atoms with Crippen LogP contribution in [0.15, 0.2) is 4.42 Å². The number of furan rings is 1. The summed E-state index contributed by atoms with van der Waals surface area (Å²) < 4.78 is 10.2. The van der Waals surface area contributed by atoms with Crippen molar-refractivity contribution in [3.8, 4) is 0 Å². The molecule has 1 heterocycles. The molecule has 1 amide bonds. The second-order valence-electron chi connectivity index (χ2n) is 4.18. The van der Waals surface area contributed by atoms with Gasteiger partial charge in [0.05, 0.1) is 12.2 Å². The molecular formula is C13H19NO4. The summed E-state index contributed by atoms with van der Waals surface area (Å²) >= 11 is 0. The van der Waals surface area contributed by atoms with Crippen molar-refractivity contribution < 1.29 is 18.7 Å². The highest BCUT2D eigenvalue weighted by Crippen LogP contribution is 2.21. The number of rotatable bonds is 4. The molecule has 0 radical (unpaired) electrons. The van der Waals surface area contributed by atoms with E-state index in [1.54, 1.807) is 20.9 Å². The lowest BCUT2D eigenvalue weighted by atomic mass is 10.1. The second kappa shape index (κ2) is 5.71. The molecule has 0 unspecified atom stereocenters. The minimum atomic E-state index is -0.413. The summed E-state index contributed by atoms with van der Waals surface area (Å²) in [5.74, 6) is 0.657. The smallest absolute Gasteiger partial charge is 0.325 e. The number of carbonyl (C=O) groups is 2. The number of aryl methyl sites for hydroxylation is 2. The highest BCUT2D eigenvalue weighted by atomic mass is 16.5. The van der Waals surface area contributed by atoms with Crippen molar-refractivity contribution in [2.75, 3.05) is 20.2 Å². The number of carbonyl (C=O) groups excluding carboxylic acids is 2. The van der Waals surface area contributed by atoms with Crippen molar-refractivity contribution >= 4 is 11.9 Å². The summed E-state index contributed by atoms with van der Waals surface area (Å²) in [5.41, 5.74) is 1.34. The van der Waals surface area contributed by atoms with Gasteiger partial charge in [-0.15, -0.1) is 0 Å². The molecule has 5 heteroatoms. The third-order valence-corrected chi connectivity index (χ3v) is 2.79. The van der Waals surface area contributed by atoms with Crippen LogP contribution in [0.2, 0.25) is 0 Å². The maximum absolute atomic E-state index is 12.2. The van der Waals surface area contributed by atoms with E-state index in [9.17, 15) is 9.59 Å². The minimum Gasteiger partial charge on any atom is -0.466 e. The zero-order chi connectivity index (χ0) is 13.9. The summed E-state index contributed by atoms with van der Waals surface area (Å²) in [5, 5.41) is 0. The van der Waals surface area contributed by atoms with Crippen LogP contribution in [0.5, 0.6) is 0 Å². The van der Waals surface area contributed by atoms with E-state index in [4.69, 9.17) is 9.15 Å². The predicted octanol–water partition coefficient (Wildman–Crippen LogP) is 1.84. The van der Waals surface area contributed by atoms with E-state index in [-0.39, 0.29) is 12.5 Å². The standard InChI is InChI=1S/C13H19NO4/c1-6-17-11(15)7-14(5)13(16)12-8(2)9(3)18-10(12)4/h6-7H2,1-5H3. The fourth-order valence-electron chi connectivity index (χ4n) is 1.77. The average molecular weight is 253 g/mol. The zero-order valence-electron chi connectivity index (χ0n) is 11.5. The van der Waals surface area contributed by atoms with Gasteiger partial charge in [-0.25, -0.2) is 0 Å². The third-order valence-electron chi connectivity index (χ3n) is 2.79. The van der Waals surface area contributed by atoms with Crippen LogP contribution in [-0.4, -0.2) is 37.0 Å². The third kappa shape index (κ3) is 2.91. The Hall–Kier alpha value is -1.78. The van der Waals surface area contributed by atoms with E-state index in [1.807, 2.05) is 13.8 Å². The number of amides is 1. The average Bonchev–Trinajstić information content (AvgIpc) is 2.52. The monoisotopic (exact) mass is 253 g/mol. The lowest BCUT2D eigenvalue weighted by molar-refractivity contribution is -0.143. The molecule has 0 aliphatic rings. The molecule has 0 spiro atoms. The van der Waals surface area contributed by atoms with Crippen molar-refractivity contribution in [1.82, 2.24) is 4.90 Å². The lowest BCUT2D eigenvalue weighted by Gasteiger charge is -2.16.